The average molecular weight is 239 g/mol. The molecule has 0 atom stereocenters. The number of carbonyl (C=O) groups is 1. The van der Waals surface area contributed by atoms with E-state index in [1.807, 2.05) is 0 Å². The molecule has 1 aliphatic heterocycles. The summed E-state index contributed by atoms with van der Waals surface area (Å²) >= 11 is 0. The lowest BCUT2D eigenvalue weighted by atomic mass is 10.0. The Labute approximate surface area is 99.7 Å². The van der Waals surface area contributed by atoms with Crippen LogP contribution in [0.1, 0.15) is 12.8 Å². The third-order valence-electron chi connectivity index (χ3n) is 2.77. The Hall–Kier alpha value is -1.56. The van der Waals surface area contributed by atoms with E-state index in [4.69, 9.17) is 15.2 Å². The fourth-order valence-electron chi connectivity index (χ4n) is 1.77. The quantitative estimate of drug-likeness (QED) is 0.771. The smallest absolute Gasteiger partial charge is 0.327 e. The molecular weight excluding hydrogens is 222 g/mol. The molecule has 0 aliphatic carbocycles. The van der Waals surface area contributed by atoms with Crippen molar-refractivity contribution in [2.75, 3.05) is 25.6 Å². The Morgan fingerprint density at radius 3 is 3.00 bits per heavy atom. The Morgan fingerprint density at radius 2 is 2.35 bits per heavy atom. The van der Waals surface area contributed by atoms with Gasteiger partial charge in [-0.2, -0.15) is 5.10 Å². The van der Waals surface area contributed by atoms with Crippen LogP contribution >= 0.6 is 0 Å². The van der Waals surface area contributed by atoms with Crippen molar-refractivity contribution in [2.45, 2.75) is 19.4 Å². The molecule has 0 radical (unpaired) electrons. The topological polar surface area (TPSA) is 79.4 Å². The lowest BCUT2D eigenvalue weighted by Crippen LogP contribution is -2.23. The number of nitrogens with two attached hydrogens (primary N) is 1. The largest absolute Gasteiger partial charge is 0.464 e. The van der Waals surface area contributed by atoms with E-state index < -0.39 is 0 Å². The van der Waals surface area contributed by atoms with Crippen LogP contribution in [0, 0.1) is 5.92 Å². The highest BCUT2D eigenvalue weighted by Crippen LogP contribution is 2.14. The minimum absolute atomic E-state index is 0.112. The molecule has 0 aromatic carbocycles. The number of nitrogens with zero attached hydrogens (tertiary/aromatic N) is 2. The summed E-state index contributed by atoms with van der Waals surface area (Å²) in [4.78, 5) is 11.5. The summed E-state index contributed by atoms with van der Waals surface area (Å²) in [5, 5.41) is 3.92. The molecule has 0 unspecified atom stereocenters. The number of hydrogen-bond acceptors (Lipinski definition) is 5. The van der Waals surface area contributed by atoms with Crippen LogP contribution in [0.4, 0.5) is 5.82 Å². The average Bonchev–Trinajstić information content (AvgIpc) is 2.73. The molecular formula is C11H17N3O3. The summed E-state index contributed by atoms with van der Waals surface area (Å²) in [5.74, 6) is 0.553. The van der Waals surface area contributed by atoms with Crippen molar-refractivity contribution in [2.24, 2.45) is 5.92 Å². The first-order valence-corrected chi connectivity index (χ1v) is 5.76. The van der Waals surface area contributed by atoms with Crippen LogP contribution in [0.15, 0.2) is 12.3 Å². The van der Waals surface area contributed by atoms with E-state index in [0.717, 1.165) is 26.1 Å². The highest BCUT2D eigenvalue weighted by molar-refractivity contribution is 5.69. The molecule has 1 aromatic heterocycles. The van der Waals surface area contributed by atoms with Crippen molar-refractivity contribution in [3.8, 4) is 0 Å². The van der Waals surface area contributed by atoms with Crippen LogP contribution in [0.2, 0.25) is 0 Å². The zero-order valence-electron chi connectivity index (χ0n) is 9.67. The number of ether oxygens (including phenoxy) is 2. The molecule has 0 bridgehead atoms. The van der Waals surface area contributed by atoms with E-state index in [9.17, 15) is 4.79 Å². The minimum atomic E-state index is -0.278. The standard InChI is InChI=1S/C11H17N3O3/c12-10-1-4-14(13-10)7-11(15)17-8-9-2-5-16-6-3-9/h1,4,9H,2-3,5-8H2,(H2,12,13). The second kappa shape index (κ2) is 5.67. The van der Waals surface area contributed by atoms with Gasteiger partial charge in [-0.1, -0.05) is 0 Å². The maximum absolute atomic E-state index is 11.5. The normalized spacial score (nSPS) is 16.9. The molecule has 0 spiro atoms. The van der Waals surface area contributed by atoms with E-state index in [1.54, 1.807) is 12.3 Å². The van der Waals surface area contributed by atoms with Crippen molar-refractivity contribution in [1.82, 2.24) is 9.78 Å². The molecule has 2 rings (SSSR count). The van der Waals surface area contributed by atoms with E-state index >= 15 is 0 Å². The van der Waals surface area contributed by atoms with Gasteiger partial charge in [0, 0.05) is 19.4 Å². The van der Waals surface area contributed by atoms with Gasteiger partial charge in [-0.3, -0.25) is 9.48 Å². The molecule has 1 saturated heterocycles. The van der Waals surface area contributed by atoms with Gasteiger partial charge in [-0.05, 0) is 24.8 Å². The lowest BCUT2D eigenvalue weighted by Gasteiger charge is -2.21. The Bertz CT molecular complexity index is 372. The third kappa shape index (κ3) is 3.74. The number of esters is 1. The molecule has 6 nitrogen and oxygen atoms in total. The minimum Gasteiger partial charge on any atom is -0.464 e. The maximum atomic E-state index is 11.5. The lowest BCUT2D eigenvalue weighted by molar-refractivity contribution is -0.146. The Kier molecular flexibility index (Phi) is 3.98. The number of anilines is 1. The van der Waals surface area contributed by atoms with Gasteiger partial charge in [0.15, 0.2) is 0 Å². The van der Waals surface area contributed by atoms with Gasteiger partial charge in [0.25, 0.3) is 0 Å². The molecule has 94 valence electrons. The summed E-state index contributed by atoms with van der Waals surface area (Å²) in [6.07, 6.45) is 3.58. The van der Waals surface area contributed by atoms with Crippen molar-refractivity contribution >= 4 is 11.8 Å². The third-order valence-corrected chi connectivity index (χ3v) is 2.77. The summed E-state index contributed by atoms with van der Waals surface area (Å²) in [5.41, 5.74) is 5.45. The van der Waals surface area contributed by atoms with Crippen LogP contribution in [0.3, 0.4) is 0 Å². The van der Waals surface area contributed by atoms with Crippen LogP contribution < -0.4 is 5.73 Å². The fourth-order valence-corrected chi connectivity index (χ4v) is 1.77. The molecule has 0 amide bonds. The number of carbonyl (C=O) groups excluding carboxylic acids is 1. The van der Waals surface area contributed by atoms with E-state index in [2.05, 4.69) is 5.10 Å². The predicted octanol–water partition coefficient (Wildman–Crippen LogP) is 0.435. The van der Waals surface area contributed by atoms with Gasteiger partial charge in [0.05, 0.1) is 6.61 Å². The number of hydrogen-bond donors (Lipinski definition) is 1. The highest BCUT2D eigenvalue weighted by atomic mass is 16.5. The molecule has 1 aliphatic rings. The molecule has 17 heavy (non-hydrogen) atoms. The van der Waals surface area contributed by atoms with Crippen molar-refractivity contribution < 1.29 is 14.3 Å². The maximum Gasteiger partial charge on any atom is 0.327 e. The molecule has 1 aromatic rings. The zero-order chi connectivity index (χ0) is 12.1. The van der Waals surface area contributed by atoms with E-state index in [-0.39, 0.29) is 12.5 Å². The second-order valence-electron chi connectivity index (χ2n) is 4.18. The van der Waals surface area contributed by atoms with Crippen molar-refractivity contribution in [3.63, 3.8) is 0 Å². The fraction of sp³-hybridized carbons (Fsp3) is 0.636. The summed E-state index contributed by atoms with van der Waals surface area (Å²) < 4.78 is 11.9. The number of nitrogen functional groups attached to an aromatic ring is 1. The predicted molar refractivity (Wildman–Crippen MR) is 61.1 cm³/mol. The summed E-state index contributed by atoms with van der Waals surface area (Å²) in [7, 11) is 0. The van der Waals surface area contributed by atoms with Crippen LogP contribution in [0.5, 0.6) is 0 Å². The van der Waals surface area contributed by atoms with Gasteiger partial charge in [0.1, 0.15) is 12.4 Å². The van der Waals surface area contributed by atoms with Gasteiger partial charge in [0.2, 0.25) is 0 Å². The first kappa shape index (κ1) is 11.9. The SMILES string of the molecule is Nc1ccn(CC(=O)OCC2CCOCC2)n1. The first-order chi connectivity index (χ1) is 8.24. The Balaban J connectivity index is 1.70. The molecule has 1 fully saturated rings. The van der Waals surface area contributed by atoms with Gasteiger partial charge >= 0.3 is 5.97 Å². The summed E-state index contributed by atoms with van der Waals surface area (Å²) in [6, 6.07) is 1.64. The first-order valence-electron chi connectivity index (χ1n) is 5.76. The van der Waals surface area contributed by atoms with Crippen molar-refractivity contribution in [1.29, 1.82) is 0 Å². The van der Waals surface area contributed by atoms with E-state index in [1.165, 1.54) is 4.68 Å². The monoisotopic (exact) mass is 239 g/mol. The summed E-state index contributed by atoms with van der Waals surface area (Å²) in [6.45, 7) is 2.11. The second-order valence-corrected chi connectivity index (χ2v) is 4.18. The molecule has 6 heteroatoms. The van der Waals surface area contributed by atoms with Crippen LogP contribution in [-0.2, 0) is 20.8 Å². The molecule has 0 saturated carbocycles. The van der Waals surface area contributed by atoms with Gasteiger partial charge < -0.3 is 15.2 Å². The van der Waals surface area contributed by atoms with Gasteiger partial charge in [-0.25, -0.2) is 0 Å². The molecule has 2 heterocycles. The number of aromatic nitrogens is 2. The highest BCUT2D eigenvalue weighted by Gasteiger charge is 2.16. The zero-order valence-corrected chi connectivity index (χ0v) is 9.67. The van der Waals surface area contributed by atoms with Gasteiger partial charge in [-0.15, -0.1) is 0 Å². The number of rotatable bonds is 4. The van der Waals surface area contributed by atoms with Crippen LogP contribution in [-0.4, -0.2) is 35.6 Å². The van der Waals surface area contributed by atoms with Crippen LogP contribution in [0.25, 0.3) is 0 Å². The Morgan fingerprint density at radius 1 is 1.59 bits per heavy atom. The van der Waals surface area contributed by atoms with Crippen molar-refractivity contribution in [3.05, 3.63) is 12.3 Å². The molecule has 2 N–H and O–H groups in total. The van der Waals surface area contributed by atoms with E-state index in [0.29, 0.717) is 18.3 Å².